The van der Waals surface area contributed by atoms with E-state index in [1.807, 2.05) is 4.90 Å². The number of carboxylic acid groups (broad SMARTS) is 1. The Morgan fingerprint density at radius 3 is 2.50 bits per heavy atom. The van der Waals surface area contributed by atoms with Gasteiger partial charge in [0.25, 0.3) is 5.91 Å². The Morgan fingerprint density at radius 2 is 2.00 bits per heavy atom. The van der Waals surface area contributed by atoms with E-state index in [9.17, 15) is 9.59 Å². The van der Waals surface area contributed by atoms with Gasteiger partial charge in [-0.15, -0.1) is 5.10 Å². The van der Waals surface area contributed by atoms with Gasteiger partial charge in [-0.25, -0.2) is 0 Å². The summed E-state index contributed by atoms with van der Waals surface area (Å²) in [6.07, 6.45) is 0. The number of nitrogens with zero attached hydrogens (tertiary/aromatic N) is 4. The van der Waals surface area contributed by atoms with Crippen LogP contribution < -0.4 is 0 Å². The first-order valence-corrected chi connectivity index (χ1v) is 6.37. The van der Waals surface area contributed by atoms with Crippen LogP contribution in [0.25, 0.3) is 0 Å². The molecule has 0 atom stereocenters. The zero-order valence-electron chi connectivity index (χ0n) is 10.00. The molecule has 0 aromatic carbocycles. The molecule has 8 heteroatoms. The SMILES string of the molecule is Cc1nnsc1C(=O)N1CCN(CC(=O)O)CC1. The number of hydrogen-bond donors (Lipinski definition) is 1. The Balaban J connectivity index is 1.92. The highest BCUT2D eigenvalue weighted by atomic mass is 32.1. The molecule has 0 radical (unpaired) electrons. The smallest absolute Gasteiger partial charge is 0.317 e. The highest BCUT2D eigenvalue weighted by Crippen LogP contribution is 2.14. The van der Waals surface area contributed by atoms with E-state index in [1.54, 1.807) is 11.8 Å². The molecule has 1 fully saturated rings. The average molecular weight is 270 g/mol. The maximum atomic E-state index is 12.1. The second-order valence-electron chi connectivity index (χ2n) is 4.15. The highest BCUT2D eigenvalue weighted by molar-refractivity contribution is 7.07. The first kappa shape index (κ1) is 12.9. The van der Waals surface area contributed by atoms with E-state index < -0.39 is 5.97 Å². The molecule has 7 nitrogen and oxygen atoms in total. The largest absolute Gasteiger partial charge is 0.480 e. The zero-order valence-corrected chi connectivity index (χ0v) is 10.8. The predicted molar refractivity (Wildman–Crippen MR) is 64.6 cm³/mol. The highest BCUT2D eigenvalue weighted by Gasteiger charge is 2.25. The Hall–Kier alpha value is -1.54. The second kappa shape index (κ2) is 5.40. The molecular weight excluding hydrogens is 256 g/mol. The van der Waals surface area contributed by atoms with Crippen molar-refractivity contribution < 1.29 is 14.7 Å². The molecule has 1 aromatic rings. The van der Waals surface area contributed by atoms with Gasteiger partial charge in [-0.2, -0.15) is 0 Å². The summed E-state index contributed by atoms with van der Waals surface area (Å²) in [5.41, 5.74) is 0.651. The summed E-state index contributed by atoms with van der Waals surface area (Å²) in [5, 5.41) is 12.5. The van der Waals surface area contributed by atoms with Crippen LogP contribution in [0.5, 0.6) is 0 Å². The van der Waals surface area contributed by atoms with Gasteiger partial charge in [0.15, 0.2) is 0 Å². The molecular formula is C10H14N4O3S. The summed E-state index contributed by atoms with van der Waals surface area (Å²) in [7, 11) is 0. The van der Waals surface area contributed by atoms with E-state index in [0.717, 1.165) is 11.5 Å². The summed E-state index contributed by atoms with van der Waals surface area (Å²) < 4.78 is 3.75. The third-order valence-electron chi connectivity index (χ3n) is 2.86. The molecule has 0 saturated carbocycles. The number of carbonyl (C=O) groups excluding carboxylic acids is 1. The number of amides is 1. The molecule has 0 spiro atoms. The van der Waals surface area contributed by atoms with Crippen LogP contribution in [0.4, 0.5) is 0 Å². The summed E-state index contributed by atoms with van der Waals surface area (Å²) in [6, 6.07) is 0. The van der Waals surface area contributed by atoms with E-state index in [0.29, 0.717) is 36.8 Å². The Labute approximate surface area is 108 Å². The van der Waals surface area contributed by atoms with Gasteiger partial charge in [-0.05, 0) is 18.5 Å². The van der Waals surface area contributed by atoms with Gasteiger partial charge in [0.2, 0.25) is 0 Å². The Kier molecular flexibility index (Phi) is 3.87. The number of hydrogen-bond acceptors (Lipinski definition) is 6. The molecule has 1 aliphatic rings. The van der Waals surface area contributed by atoms with E-state index in [-0.39, 0.29) is 12.5 Å². The number of carboxylic acids is 1. The fraction of sp³-hybridized carbons (Fsp3) is 0.600. The van der Waals surface area contributed by atoms with Gasteiger partial charge >= 0.3 is 5.97 Å². The van der Waals surface area contributed by atoms with Crippen LogP contribution >= 0.6 is 11.5 Å². The van der Waals surface area contributed by atoms with Crippen molar-refractivity contribution in [2.75, 3.05) is 32.7 Å². The lowest BCUT2D eigenvalue weighted by Gasteiger charge is -2.33. The van der Waals surface area contributed by atoms with E-state index in [4.69, 9.17) is 5.11 Å². The van der Waals surface area contributed by atoms with Crippen LogP contribution in [-0.4, -0.2) is 69.1 Å². The van der Waals surface area contributed by atoms with Crippen LogP contribution in [0, 0.1) is 6.92 Å². The van der Waals surface area contributed by atoms with Crippen LogP contribution in [0.2, 0.25) is 0 Å². The van der Waals surface area contributed by atoms with E-state index in [2.05, 4.69) is 9.59 Å². The first-order valence-electron chi connectivity index (χ1n) is 5.60. The Bertz CT molecular complexity index is 454. The van der Waals surface area contributed by atoms with Crippen molar-refractivity contribution in [2.24, 2.45) is 0 Å². The van der Waals surface area contributed by atoms with Crippen molar-refractivity contribution in [3.05, 3.63) is 10.6 Å². The first-order chi connectivity index (χ1) is 8.58. The van der Waals surface area contributed by atoms with Crippen molar-refractivity contribution in [2.45, 2.75) is 6.92 Å². The fourth-order valence-electron chi connectivity index (χ4n) is 1.87. The van der Waals surface area contributed by atoms with E-state index in [1.165, 1.54) is 0 Å². The molecule has 1 amide bonds. The van der Waals surface area contributed by atoms with Crippen LogP contribution in [-0.2, 0) is 4.79 Å². The second-order valence-corrected chi connectivity index (χ2v) is 4.90. The van der Waals surface area contributed by atoms with Crippen LogP contribution in [0.3, 0.4) is 0 Å². The standard InChI is InChI=1S/C10H14N4O3S/c1-7-9(18-12-11-7)10(17)14-4-2-13(3-5-14)6-8(15)16/h2-6H2,1H3,(H,15,16). The minimum atomic E-state index is -0.836. The Morgan fingerprint density at radius 1 is 1.33 bits per heavy atom. The number of piperazine rings is 1. The normalized spacial score (nSPS) is 16.8. The predicted octanol–water partition coefficient (Wildman–Crippen LogP) is -0.311. The van der Waals surface area contributed by atoms with Crippen LogP contribution in [0.1, 0.15) is 15.4 Å². The third kappa shape index (κ3) is 2.82. The molecule has 1 saturated heterocycles. The van der Waals surface area contributed by atoms with Gasteiger partial charge in [-0.1, -0.05) is 4.49 Å². The lowest BCUT2D eigenvalue weighted by atomic mass is 10.2. The van der Waals surface area contributed by atoms with Gasteiger partial charge in [0, 0.05) is 26.2 Å². The molecule has 1 aromatic heterocycles. The topological polar surface area (TPSA) is 86.6 Å². The van der Waals surface area contributed by atoms with E-state index >= 15 is 0 Å². The summed E-state index contributed by atoms with van der Waals surface area (Å²) in [4.78, 5) is 26.8. The average Bonchev–Trinajstić information content (AvgIpc) is 2.75. The molecule has 2 heterocycles. The molecule has 0 bridgehead atoms. The minimum absolute atomic E-state index is 0.0309. The zero-order chi connectivity index (χ0) is 13.1. The molecule has 0 unspecified atom stereocenters. The van der Waals surface area contributed by atoms with Crippen molar-refractivity contribution in [3.63, 3.8) is 0 Å². The number of aliphatic carboxylic acids is 1. The van der Waals surface area contributed by atoms with Gasteiger partial charge < -0.3 is 10.0 Å². The number of carbonyl (C=O) groups is 2. The maximum absolute atomic E-state index is 12.1. The van der Waals surface area contributed by atoms with Crippen molar-refractivity contribution in [3.8, 4) is 0 Å². The molecule has 2 rings (SSSR count). The van der Waals surface area contributed by atoms with Crippen LogP contribution in [0.15, 0.2) is 0 Å². The van der Waals surface area contributed by atoms with Crippen molar-refractivity contribution in [1.82, 2.24) is 19.4 Å². The molecule has 98 valence electrons. The van der Waals surface area contributed by atoms with Gasteiger partial charge in [0.05, 0.1) is 12.2 Å². The summed E-state index contributed by atoms with van der Waals surface area (Å²) in [5.74, 6) is -0.894. The summed E-state index contributed by atoms with van der Waals surface area (Å²) >= 11 is 1.10. The lowest BCUT2D eigenvalue weighted by molar-refractivity contribution is -0.138. The monoisotopic (exact) mass is 270 g/mol. The third-order valence-corrected chi connectivity index (χ3v) is 3.68. The number of aryl methyl sites for hydroxylation is 1. The molecule has 1 aliphatic heterocycles. The number of aromatic nitrogens is 2. The lowest BCUT2D eigenvalue weighted by Crippen LogP contribution is -2.49. The quantitative estimate of drug-likeness (QED) is 0.810. The minimum Gasteiger partial charge on any atom is -0.480 e. The maximum Gasteiger partial charge on any atom is 0.317 e. The molecule has 1 N–H and O–H groups in total. The summed E-state index contributed by atoms with van der Waals surface area (Å²) in [6.45, 7) is 4.06. The van der Waals surface area contributed by atoms with Gasteiger partial charge in [0.1, 0.15) is 4.88 Å². The fourth-order valence-corrected chi connectivity index (χ4v) is 2.50. The van der Waals surface area contributed by atoms with Crippen molar-refractivity contribution >= 4 is 23.4 Å². The number of rotatable bonds is 3. The van der Waals surface area contributed by atoms with Gasteiger partial charge in [-0.3, -0.25) is 14.5 Å². The molecule has 0 aliphatic carbocycles. The molecule has 18 heavy (non-hydrogen) atoms. The van der Waals surface area contributed by atoms with Crippen molar-refractivity contribution in [1.29, 1.82) is 0 Å².